The van der Waals surface area contributed by atoms with Crippen molar-refractivity contribution in [2.24, 2.45) is 4.99 Å². The minimum Gasteiger partial charge on any atom is -0.360 e. The largest absolute Gasteiger partial charge is 0.360 e. The van der Waals surface area contributed by atoms with Crippen molar-refractivity contribution in [2.75, 3.05) is 38.1 Å². The van der Waals surface area contributed by atoms with E-state index in [-0.39, 0.29) is 24.0 Å². The fraction of sp³-hybridized carbons (Fsp3) is 0.300. The molecule has 0 atom stereocenters. The highest BCUT2D eigenvalue weighted by Crippen LogP contribution is 2.22. The number of thiophene rings is 1. The van der Waals surface area contributed by atoms with E-state index in [4.69, 9.17) is 0 Å². The summed E-state index contributed by atoms with van der Waals surface area (Å²) in [6, 6.07) is 14.5. The number of benzene rings is 1. The number of para-hydroxylation sites is 1. The summed E-state index contributed by atoms with van der Waals surface area (Å²) in [6.07, 6.45) is 3.96. The van der Waals surface area contributed by atoms with Crippen LogP contribution in [-0.4, -0.2) is 53.9 Å². The van der Waals surface area contributed by atoms with Crippen molar-refractivity contribution < 1.29 is 0 Å². The number of nitrogens with one attached hydrogen (secondary N) is 1. The number of halogens is 1. The van der Waals surface area contributed by atoms with E-state index in [0.717, 1.165) is 43.4 Å². The summed E-state index contributed by atoms with van der Waals surface area (Å²) in [7, 11) is 1.85. The highest BCUT2D eigenvalue weighted by Gasteiger charge is 2.20. The third-order valence-electron chi connectivity index (χ3n) is 4.72. The maximum atomic E-state index is 4.47. The van der Waals surface area contributed by atoms with Gasteiger partial charge in [0.2, 0.25) is 0 Å². The lowest BCUT2D eigenvalue weighted by atomic mass is 10.3. The SMILES string of the molecule is CN=C(NCc1cnn(-c2ccccc2)c1)N1CCN(c2cccs2)CC1.I. The van der Waals surface area contributed by atoms with E-state index in [9.17, 15) is 0 Å². The summed E-state index contributed by atoms with van der Waals surface area (Å²) < 4.78 is 1.90. The van der Waals surface area contributed by atoms with Crippen LogP contribution in [-0.2, 0) is 6.54 Å². The van der Waals surface area contributed by atoms with Crippen LogP contribution in [0, 0.1) is 0 Å². The van der Waals surface area contributed by atoms with Crippen LogP contribution in [0.2, 0.25) is 0 Å². The number of hydrogen-bond donors (Lipinski definition) is 1. The van der Waals surface area contributed by atoms with E-state index in [1.807, 2.05) is 36.1 Å². The third-order valence-corrected chi connectivity index (χ3v) is 5.65. The lowest BCUT2D eigenvalue weighted by Crippen LogP contribution is -2.52. The number of aliphatic imine (C=N–C) groups is 1. The Balaban J connectivity index is 0.00000225. The molecule has 0 saturated carbocycles. The number of rotatable bonds is 4. The Morgan fingerprint density at radius 1 is 1.11 bits per heavy atom. The Labute approximate surface area is 186 Å². The molecule has 2 aromatic heterocycles. The van der Waals surface area contributed by atoms with Crippen molar-refractivity contribution in [1.82, 2.24) is 20.0 Å². The van der Waals surface area contributed by atoms with E-state index in [0.29, 0.717) is 6.54 Å². The number of nitrogens with zero attached hydrogens (tertiary/aromatic N) is 5. The van der Waals surface area contributed by atoms with Gasteiger partial charge < -0.3 is 15.1 Å². The van der Waals surface area contributed by atoms with Crippen LogP contribution < -0.4 is 10.2 Å². The van der Waals surface area contributed by atoms with E-state index in [1.165, 1.54) is 5.00 Å². The van der Waals surface area contributed by atoms with Crippen LogP contribution in [0.4, 0.5) is 5.00 Å². The molecule has 0 aliphatic carbocycles. The second kappa shape index (κ2) is 9.92. The third kappa shape index (κ3) is 4.85. The Morgan fingerprint density at radius 2 is 1.89 bits per heavy atom. The molecular formula is C20H25IN6S. The minimum atomic E-state index is 0. The Kier molecular flexibility index (Phi) is 7.32. The highest BCUT2D eigenvalue weighted by molar-refractivity contribution is 14.0. The van der Waals surface area contributed by atoms with E-state index < -0.39 is 0 Å². The molecule has 1 saturated heterocycles. The van der Waals surface area contributed by atoms with Crippen molar-refractivity contribution in [3.05, 3.63) is 65.8 Å². The van der Waals surface area contributed by atoms with Gasteiger partial charge in [-0.1, -0.05) is 18.2 Å². The van der Waals surface area contributed by atoms with E-state index in [1.54, 1.807) is 11.3 Å². The molecule has 0 spiro atoms. The summed E-state index contributed by atoms with van der Waals surface area (Å²) in [5, 5.41) is 11.4. The first-order chi connectivity index (χ1) is 13.3. The first kappa shape index (κ1) is 20.7. The number of aromatic nitrogens is 2. The maximum absolute atomic E-state index is 4.47. The van der Waals surface area contributed by atoms with Crippen LogP contribution in [0.5, 0.6) is 0 Å². The molecule has 8 heteroatoms. The van der Waals surface area contributed by atoms with Gasteiger partial charge in [-0.05, 0) is 29.6 Å². The second-order valence-electron chi connectivity index (χ2n) is 6.45. The molecule has 3 heterocycles. The molecule has 3 aromatic rings. The van der Waals surface area contributed by atoms with Gasteiger partial charge in [0.15, 0.2) is 5.96 Å². The molecule has 148 valence electrons. The zero-order valence-electron chi connectivity index (χ0n) is 15.9. The van der Waals surface area contributed by atoms with Crippen LogP contribution in [0.3, 0.4) is 0 Å². The van der Waals surface area contributed by atoms with Crippen molar-refractivity contribution in [2.45, 2.75) is 6.54 Å². The van der Waals surface area contributed by atoms with Gasteiger partial charge in [0.1, 0.15) is 0 Å². The molecule has 0 amide bonds. The molecule has 4 rings (SSSR count). The van der Waals surface area contributed by atoms with Crippen molar-refractivity contribution in [3.63, 3.8) is 0 Å². The standard InChI is InChI=1S/C20H24N6S.HI/c1-21-20(25-11-9-24(10-12-25)19-8-5-13-27-19)22-14-17-15-23-26(16-17)18-6-3-2-4-7-18;/h2-8,13,15-16H,9-12,14H2,1H3,(H,21,22);1H. The topological polar surface area (TPSA) is 48.7 Å². The average Bonchev–Trinajstić information content (AvgIpc) is 3.42. The second-order valence-corrected chi connectivity index (χ2v) is 7.38. The van der Waals surface area contributed by atoms with Gasteiger partial charge >= 0.3 is 0 Å². The predicted octanol–water partition coefficient (Wildman–Crippen LogP) is 3.45. The number of hydrogen-bond acceptors (Lipinski definition) is 4. The molecule has 1 aliphatic rings. The summed E-state index contributed by atoms with van der Waals surface area (Å²) in [5.74, 6) is 0.952. The average molecular weight is 508 g/mol. The molecule has 1 aromatic carbocycles. The Morgan fingerprint density at radius 3 is 2.57 bits per heavy atom. The van der Waals surface area contributed by atoms with Gasteiger partial charge in [-0.25, -0.2) is 4.68 Å². The monoisotopic (exact) mass is 508 g/mol. The van der Waals surface area contributed by atoms with Crippen molar-refractivity contribution in [3.8, 4) is 5.69 Å². The highest BCUT2D eigenvalue weighted by atomic mass is 127. The van der Waals surface area contributed by atoms with Crippen molar-refractivity contribution >= 4 is 46.3 Å². The minimum absolute atomic E-state index is 0. The zero-order valence-corrected chi connectivity index (χ0v) is 19.0. The molecule has 1 aliphatic heterocycles. The molecule has 1 fully saturated rings. The van der Waals surface area contributed by atoms with Crippen LogP contribution in [0.1, 0.15) is 5.56 Å². The lowest BCUT2D eigenvalue weighted by Gasteiger charge is -2.37. The first-order valence-corrected chi connectivity index (χ1v) is 10.0. The summed E-state index contributed by atoms with van der Waals surface area (Å²) in [5.41, 5.74) is 2.20. The van der Waals surface area contributed by atoms with Crippen LogP contribution >= 0.6 is 35.3 Å². The predicted molar refractivity (Wildman–Crippen MR) is 127 cm³/mol. The summed E-state index contributed by atoms with van der Waals surface area (Å²) >= 11 is 1.81. The quantitative estimate of drug-likeness (QED) is 0.333. The lowest BCUT2D eigenvalue weighted by molar-refractivity contribution is 0.373. The molecule has 1 N–H and O–H groups in total. The Bertz CT molecular complexity index is 869. The first-order valence-electron chi connectivity index (χ1n) is 9.16. The van der Waals surface area contributed by atoms with Gasteiger partial charge in [0.05, 0.1) is 16.9 Å². The van der Waals surface area contributed by atoms with E-state index in [2.05, 4.69) is 61.1 Å². The van der Waals surface area contributed by atoms with Gasteiger partial charge in [-0.2, -0.15) is 5.10 Å². The normalized spacial score (nSPS) is 14.7. The van der Waals surface area contributed by atoms with Crippen molar-refractivity contribution in [1.29, 1.82) is 0 Å². The molecule has 6 nitrogen and oxygen atoms in total. The zero-order chi connectivity index (χ0) is 18.5. The summed E-state index contributed by atoms with van der Waals surface area (Å²) in [4.78, 5) is 9.24. The number of piperazine rings is 1. The Hall–Kier alpha value is -2.07. The molecule has 0 bridgehead atoms. The molecule has 0 radical (unpaired) electrons. The molecular weight excluding hydrogens is 483 g/mol. The van der Waals surface area contributed by atoms with Gasteiger partial charge in [-0.15, -0.1) is 35.3 Å². The fourth-order valence-electron chi connectivity index (χ4n) is 3.28. The molecule has 0 unspecified atom stereocenters. The smallest absolute Gasteiger partial charge is 0.194 e. The van der Waals surface area contributed by atoms with Gasteiger partial charge in [-0.3, -0.25) is 4.99 Å². The van der Waals surface area contributed by atoms with Gasteiger partial charge in [0.25, 0.3) is 0 Å². The van der Waals surface area contributed by atoms with Gasteiger partial charge in [0, 0.05) is 51.5 Å². The maximum Gasteiger partial charge on any atom is 0.194 e. The number of anilines is 1. The number of guanidine groups is 1. The van der Waals surface area contributed by atoms with Crippen LogP contribution in [0.25, 0.3) is 5.69 Å². The van der Waals surface area contributed by atoms with Crippen LogP contribution in [0.15, 0.2) is 65.2 Å². The summed E-state index contributed by atoms with van der Waals surface area (Å²) in [6.45, 7) is 4.70. The molecule has 28 heavy (non-hydrogen) atoms. The van der Waals surface area contributed by atoms with E-state index >= 15 is 0 Å². The fourth-order valence-corrected chi connectivity index (χ4v) is 4.06.